The second-order valence-corrected chi connectivity index (χ2v) is 6.88. The SMILES string of the molecule is Nc1ccc(C(=O)NC2CCS(=O)CC2)cc1Br. The molecule has 3 N–H and O–H groups in total. The topological polar surface area (TPSA) is 72.2 Å². The van der Waals surface area contributed by atoms with Gasteiger partial charge in [-0.25, -0.2) is 0 Å². The van der Waals surface area contributed by atoms with E-state index in [1.807, 2.05) is 0 Å². The van der Waals surface area contributed by atoms with Crippen molar-refractivity contribution in [1.82, 2.24) is 5.32 Å². The van der Waals surface area contributed by atoms with Crippen LogP contribution in [0.15, 0.2) is 22.7 Å². The van der Waals surface area contributed by atoms with E-state index in [2.05, 4.69) is 21.2 Å². The maximum absolute atomic E-state index is 12.0. The Balaban J connectivity index is 1.99. The number of nitrogens with two attached hydrogens (primary N) is 1. The van der Waals surface area contributed by atoms with Gasteiger partial charge in [0, 0.05) is 44.1 Å². The molecule has 1 aromatic carbocycles. The third-order valence-electron chi connectivity index (χ3n) is 2.99. The predicted octanol–water partition coefficient (Wildman–Crippen LogP) is 1.67. The molecule has 4 nitrogen and oxygen atoms in total. The van der Waals surface area contributed by atoms with Crippen LogP contribution < -0.4 is 11.1 Å². The van der Waals surface area contributed by atoms with Gasteiger partial charge in [-0.05, 0) is 47.0 Å². The highest BCUT2D eigenvalue weighted by Crippen LogP contribution is 2.20. The number of benzene rings is 1. The van der Waals surface area contributed by atoms with Crippen molar-refractivity contribution in [3.05, 3.63) is 28.2 Å². The van der Waals surface area contributed by atoms with Crippen LogP contribution in [0.1, 0.15) is 23.2 Å². The summed E-state index contributed by atoms with van der Waals surface area (Å²) in [5.74, 6) is 1.25. The Kier molecular flexibility index (Phi) is 4.40. The molecular weight excluding hydrogens is 316 g/mol. The summed E-state index contributed by atoms with van der Waals surface area (Å²) in [6.07, 6.45) is 1.57. The van der Waals surface area contributed by atoms with Crippen LogP contribution in [-0.2, 0) is 10.8 Å². The summed E-state index contributed by atoms with van der Waals surface area (Å²) in [4.78, 5) is 12.0. The Morgan fingerprint density at radius 3 is 2.67 bits per heavy atom. The van der Waals surface area contributed by atoms with Gasteiger partial charge in [-0.2, -0.15) is 0 Å². The molecule has 18 heavy (non-hydrogen) atoms. The van der Waals surface area contributed by atoms with Gasteiger partial charge in [-0.3, -0.25) is 9.00 Å². The molecule has 98 valence electrons. The summed E-state index contributed by atoms with van der Waals surface area (Å²) in [6, 6.07) is 5.25. The fourth-order valence-electron chi connectivity index (χ4n) is 1.88. The fourth-order valence-corrected chi connectivity index (χ4v) is 3.55. The van der Waals surface area contributed by atoms with Gasteiger partial charge in [-0.1, -0.05) is 0 Å². The van der Waals surface area contributed by atoms with Gasteiger partial charge in [0.2, 0.25) is 0 Å². The molecule has 0 unspecified atom stereocenters. The first-order valence-corrected chi connectivity index (χ1v) is 8.05. The molecule has 0 aromatic heterocycles. The predicted molar refractivity (Wildman–Crippen MR) is 76.9 cm³/mol. The summed E-state index contributed by atoms with van der Waals surface area (Å²) in [7, 11) is -0.702. The number of carbonyl (C=O) groups excluding carboxylic acids is 1. The van der Waals surface area contributed by atoms with Gasteiger partial charge in [0.25, 0.3) is 5.91 Å². The highest BCUT2D eigenvalue weighted by Gasteiger charge is 2.20. The van der Waals surface area contributed by atoms with Crippen molar-refractivity contribution in [3.63, 3.8) is 0 Å². The molecule has 2 rings (SSSR count). The van der Waals surface area contributed by atoms with Crippen LogP contribution in [0.3, 0.4) is 0 Å². The van der Waals surface area contributed by atoms with Crippen LogP contribution >= 0.6 is 15.9 Å². The molecule has 1 aliphatic heterocycles. The highest BCUT2D eigenvalue weighted by molar-refractivity contribution is 9.10. The zero-order valence-corrected chi connectivity index (χ0v) is 12.2. The molecule has 1 amide bonds. The Hall–Kier alpha value is -0.880. The average molecular weight is 331 g/mol. The molecular formula is C12H15BrN2O2S. The van der Waals surface area contributed by atoms with E-state index in [0.717, 1.165) is 17.3 Å². The Labute approximate surface area is 117 Å². The molecule has 0 saturated carbocycles. The van der Waals surface area contributed by atoms with E-state index in [9.17, 15) is 9.00 Å². The molecule has 1 heterocycles. The van der Waals surface area contributed by atoms with Crippen LogP contribution in [0.5, 0.6) is 0 Å². The first-order valence-electron chi connectivity index (χ1n) is 5.77. The van der Waals surface area contributed by atoms with Gasteiger partial charge in [0.15, 0.2) is 0 Å². The number of hydrogen-bond acceptors (Lipinski definition) is 3. The van der Waals surface area contributed by atoms with Crippen LogP contribution in [0.4, 0.5) is 5.69 Å². The van der Waals surface area contributed by atoms with Crippen molar-refractivity contribution >= 4 is 38.3 Å². The van der Waals surface area contributed by atoms with Crippen molar-refractivity contribution in [2.75, 3.05) is 17.2 Å². The summed E-state index contributed by atoms with van der Waals surface area (Å²) in [5.41, 5.74) is 6.87. The molecule has 0 atom stereocenters. The van der Waals surface area contributed by atoms with Crippen molar-refractivity contribution in [2.24, 2.45) is 0 Å². The minimum absolute atomic E-state index is 0.103. The van der Waals surface area contributed by atoms with E-state index in [-0.39, 0.29) is 11.9 Å². The monoisotopic (exact) mass is 330 g/mol. The number of hydrogen-bond donors (Lipinski definition) is 2. The lowest BCUT2D eigenvalue weighted by molar-refractivity contribution is 0.0934. The summed E-state index contributed by atoms with van der Waals surface area (Å²) >= 11 is 3.30. The first kappa shape index (κ1) is 13.5. The minimum atomic E-state index is -0.702. The second kappa shape index (κ2) is 5.84. The zero-order valence-electron chi connectivity index (χ0n) is 9.82. The van der Waals surface area contributed by atoms with E-state index in [0.29, 0.717) is 22.8 Å². The molecule has 0 radical (unpaired) electrons. The molecule has 1 saturated heterocycles. The number of carbonyl (C=O) groups is 1. The number of rotatable bonds is 2. The van der Waals surface area contributed by atoms with E-state index in [1.54, 1.807) is 18.2 Å². The first-order chi connectivity index (χ1) is 8.56. The lowest BCUT2D eigenvalue weighted by atomic mass is 10.1. The number of nitrogen functional groups attached to an aromatic ring is 1. The van der Waals surface area contributed by atoms with Crippen LogP contribution in [0.25, 0.3) is 0 Å². The van der Waals surface area contributed by atoms with Gasteiger partial charge >= 0.3 is 0 Å². The van der Waals surface area contributed by atoms with Gasteiger partial charge in [0.1, 0.15) is 0 Å². The van der Waals surface area contributed by atoms with Crippen molar-refractivity contribution in [1.29, 1.82) is 0 Å². The third-order valence-corrected chi connectivity index (χ3v) is 5.05. The van der Waals surface area contributed by atoms with Crippen LogP contribution in [0, 0.1) is 0 Å². The average Bonchev–Trinajstić information content (AvgIpc) is 2.35. The van der Waals surface area contributed by atoms with E-state index in [1.165, 1.54) is 0 Å². The quantitative estimate of drug-likeness (QED) is 0.810. The van der Waals surface area contributed by atoms with E-state index >= 15 is 0 Å². The normalized spacial score (nSPS) is 23.6. The van der Waals surface area contributed by atoms with Crippen molar-refractivity contribution in [3.8, 4) is 0 Å². The number of halogens is 1. The molecule has 1 aromatic rings. The molecule has 1 fully saturated rings. The van der Waals surface area contributed by atoms with E-state index in [4.69, 9.17) is 5.73 Å². The summed E-state index contributed by atoms with van der Waals surface area (Å²) < 4.78 is 11.9. The van der Waals surface area contributed by atoms with Crippen LogP contribution in [0.2, 0.25) is 0 Å². The summed E-state index contributed by atoms with van der Waals surface area (Å²) in [6.45, 7) is 0. The summed E-state index contributed by atoms with van der Waals surface area (Å²) in [5, 5.41) is 2.97. The standard InChI is InChI=1S/C12H15BrN2O2S/c13-10-7-8(1-2-11(10)14)12(16)15-9-3-5-18(17)6-4-9/h1-2,7,9H,3-6,14H2,(H,15,16). The van der Waals surface area contributed by atoms with Crippen molar-refractivity contribution < 1.29 is 9.00 Å². The molecule has 0 spiro atoms. The van der Waals surface area contributed by atoms with Crippen molar-refractivity contribution in [2.45, 2.75) is 18.9 Å². The molecule has 0 aliphatic carbocycles. The van der Waals surface area contributed by atoms with Crippen LogP contribution in [-0.4, -0.2) is 27.7 Å². The minimum Gasteiger partial charge on any atom is -0.398 e. The number of amides is 1. The Morgan fingerprint density at radius 1 is 1.39 bits per heavy atom. The highest BCUT2D eigenvalue weighted by atomic mass is 79.9. The third kappa shape index (κ3) is 3.32. The Bertz CT molecular complexity index is 483. The van der Waals surface area contributed by atoms with E-state index < -0.39 is 10.8 Å². The fraction of sp³-hybridized carbons (Fsp3) is 0.417. The smallest absolute Gasteiger partial charge is 0.251 e. The molecule has 6 heteroatoms. The molecule has 0 bridgehead atoms. The Morgan fingerprint density at radius 2 is 2.06 bits per heavy atom. The maximum Gasteiger partial charge on any atom is 0.251 e. The maximum atomic E-state index is 12.0. The number of nitrogens with one attached hydrogen (secondary N) is 1. The zero-order chi connectivity index (χ0) is 13.1. The second-order valence-electron chi connectivity index (χ2n) is 4.33. The lowest BCUT2D eigenvalue weighted by Crippen LogP contribution is -2.39. The largest absolute Gasteiger partial charge is 0.398 e. The van der Waals surface area contributed by atoms with Gasteiger partial charge in [-0.15, -0.1) is 0 Å². The number of anilines is 1. The van der Waals surface area contributed by atoms with Gasteiger partial charge in [0.05, 0.1) is 0 Å². The molecule has 1 aliphatic rings. The lowest BCUT2D eigenvalue weighted by Gasteiger charge is -2.22. The van der Waals surface area contributed by atoms with Gasteiger partial charge < -0.3 is 11.1 Å².